The van der Waals surface area contributed by atoms with Crippen molar-refractivity contribution in [3.8, 4) is 0 Å². The fourth-order valence-electron chi connectivity index (χ4n) is 4.06. The highest BCUT2D eigenvalue weighted by atomic mass is 33.2. The molecule has 10 heteroatoms. The van der Waals surface area contributed by atoms with Crippen molar-refractivity contribution >= 4 is 24.6 Å². The zero-order valence-corrected chi connectivity index (χ0v) is 19.3. The summed E-state index contributed by atoms with van der Waals surface area (Å²) in [7, 11) is -4.00. The first-order chi connectivity index (χ1) is 14.8. The third kappa shape index (κ3) is 5.67. The van der Waals surface area contributed by atoms with E-state index in [-0.39, 0.29) is 11.4 Å². The van der Waals surface area contributed by atoms with Crippen molar-refractivity contribution in [2.24, 2.45) is 0 Å². The molecule has 31 heavy (non-hydrogen) atoms. The average Bonchev–Trinajstić information content (AvgIpc) is 3.52. The normalized spacial score (nSPS) is 22.5. The highest BCUT2D eigenvalue weighted by Gasteiger charge is 2.37. The molecule has 0 spiro atoms. The van der Waals surface area contributed by atoms with Crippen molar-refractivity contribution in [1.82, 2.24) is 15.3 Å². The molecule has 1 aliphatic carbocycles. The van der Waals surface area contributed by atoms with Crippen LogP contribution in [-0.4, -0.2) is 61.8 Å². The van der Waals surface area contributed by atoms with E-state index in [0.717, 1.165) is 31.5 Å². The second-order valence-electron chi connectivity index (χ2n) is 8.25. The molecule has 0 amide bonds. The van der Waals surface area contributed by atoms with E-state index in [1.165, 1.54) is 24.0 Å². The number of aryl methyl sites for hydroxylation is 1. The van der Waals surface area contributed by atoms with Crippen LogP contribution in [0.3, 0.4) is 0 Å². The van der Waals surface area contributed by atoms with Crippen molar-refractivity contribution < 1.29 is 12.8 Å². The number of H-pyrrole nitrogens is 1. The lowest BCUT2D eigenvalue weighted by Crippen LogP contribution is -2.40. The zero-order chi connectivity index (χ0) is 22.0. The Balaban J connectivity index is 1.25. The van der Waals surface area contributed by atoms with Crippen LogP contribution in [0.2, 0.25) is 0 Å². The van der Waals surface area contributed by atoms with Crippen LogP contribution in [0.4, 0.5) is 10.2 Å². The van der Waals surface area contributed by atoms with Crippen LogP contribution in [0.25, 0.3) is 0 Å². The van der Waals surface area contributed by atoms with Gasteiger partial charge in [-0.15, -0.1) is 9.93 Å². The molecular formula is C21H29FN4O3S2. The number of hydrogen-bond donors (Lipinski definition) is 3. The van der Waals surface area contributed by atoms with Gasteiger partial charge in [0.15, 0.2) is 14.7 Å². The van der Waals surface area contributed by atoms with Crippen molar-refractivity contribution in [3.05, 3.63) is 57.9 Å². The Morgan fingerprint density at radius 1 is 1.26 bits per heavy atom. The quantitative estimate of drug-likeness (QED) is 0.311. The van der Waals surface area contributed by atoms with Gasteiger partial charge >= 0.3 is 0 Å². The zero-order valence-electron chi connectivity index (χ0n) is 17.6. The molecule has 2 atom stereocenters. The molecule has 0 bridgehead atoms. The van der Waals surface area contributed by atoms with Gasteiger partial charge in [0.05, 0.1) is 5.69 Å². The lowest BCUT2D eigenvalue weighted by atomic mass is 10.1. The maximum atomic E-state index is 13.0. The highest BCUT2D eigenvalue weighted by Crippen LogP contribution is 2.40. The van der Waals surface area contributed by atoms with Gasteiger partial charge in [0.1, 0.15) is 5.82 Å². The minimum Gasteiger partial charge on any atom is -0.350 e. The molecule has 7 nitrogen and oxygen atoms in total. The minimum absolute atomic E-state index is 0.206. The van der Waals surface area contributed by atoms with Crippen molar-refractivity contribution in [3.63, 3.8) is 0 Å². The molecule has 1 aromatic carbocycles. The van der Waals surface area contributed by atoms with Gasteiger partial charge in [-0.05, 0) is 43.5 Å². The van der Waals surface area contributed by atoms with Crippen LogP contribution < -0.4 is 15.8 Å². The van der Waals surface area contributed by atoms with E-state index in [4.69, 9.17) is 0 Å². The Morgan fingerprint density at radius 2 is 1.97 bits per heavy atom. The van der Waals surface area contributed by atoms with Gasteiger partial charge in [-0.2, -0.15) is 0 Å². The van der Waals surface area contributed by atoms with Gasteiger partial charge in [0, 0.05) is 49.0 Å². The Hall–Kier alpha value is -1.91. The van der Waals surface area contributed by atoms with E-state index in [0.29, 0.717) is 42.4 Å². The Morgan fingerprint density at radius 3 is 2.65 bits per heavy atom. The molecule has 1 aromatic heterocycles. The molecule has 1 aliphatic heterocycles. The largest absolute Gasteiger partial charge is 0.350 e. The van der Waals surface area contributed by atoms with Gasteiger partial charge in [-0.3, -0.25) is 4.79 Å². The van der Waals surface area contributed by atoms with E-state index in [1.54, 1.807) is 6.20 Å². The summed E-state index contributed by atoms with van der Waals surface area (Å²) < 4.78 is 36.6. The summed E-state index contributed by atoms with van der Waals surface area (Å²) in [5.41, 5.74) is 1.78. The molecule has 2 aromatic rings. The van der Waals surface area contributed by atoms with E-state index in [2.05, 4.69) is 15.3 Å². The van der Waals surface area contributed by atoms with Crippen LogP contribution in [-0.2, 0) is 15.3 Å². The Kier molecular flexibility index (Phi) is 6.68. The molecule has 1 saturated carbocycles. The van der Waals surface area contributed by atoms with Gasteiger partial charge in [-0.1, -0.05) is 12.1 Å². The monoisotopic (exact) mass is 468 g/mol. The van der Waals surface area contributed by atoms with E-state index in [9.17, 15) is 17.6 Å². The molecule has 4 rings (SSSR count). The fourth-order valence-corrected chi connectivity index (χ4v) is 8.36. The van der Waals surface area contributed by atoms with Crippen molar-refractivity contribution in [2.45, 2.75) is 31.2 Å². The standard InChI is InChI=1S/C21H29FN4O3S2/c1-31(28,29)30-11-9-26(10-12-30)20-21(27)24-14-17(25-20)3-2-8-23-19-13-18(19)15-4-6-16(22)7-5-15/h4-7,14,18-19,23,30H,2-3,8-13H2,1H3,(H,24,27)/t18-,19+/m0/s1. The summed E-state index contributed by atoms with van der Waals surface area (Å²) in [5, 5.41) is 3.54. The average molecular weight is 469 g/mol. The molecular weight excluding hydrogens is 439 g/mol. The number of nitrogens with one attached hydrogen (secondary N) is 2. The van der Waals surface area contributed by atoms with Crippen molar-refractivity contribution in [1.29, 1.82) is 0 Å². The van der Waals surface area contributed by atoms with E-state index < -0.39 is 18.8 Å². The molecule has 0 radical (unpaired) electrons. The molecule has 2 N–H and O–H groups in total. The molecule has 2 fully saturated rings. The van der Waals surface area contributed by atoms with Gasteiger partial charge in [0.2, 0.25) is 0 Å². The smallest absolute Gasteiger partial charge is 0.290 e. The summed E-state index contributed by atoms with van der Waals surface area (Å²) >= 11 is 0. The lowest BCUT2D eigenvalue weighted by Gasteiger charge is -2.33. The molecule has 1 saturated heterocycles. The maximum Gasteiger partial charge on any atom is 0.290 e. The second-order valence-corrected chi connectivity index (χ2v) is 15.1. The minimum atomic E-state index is -2.98. The predicted molar refractivity (Wildman–Crippen MR) is 125 cm³/mol. The van der Waals surface area contributed by atoms with Gasteiger partial charge < -0.3 is 15.2 Å². The summed E-state index contributed by atoms with van der Waals surface area (Å²) in [4.78, 5) is 21.5. The fraction of sp³-hybridized carbons (Fsp3) is 0.524. The SMILES string of the molecule is CS(=O)(=O)[SH]1CCN(c2nc(CCCN[C@@H]3C[C@H]3c3ccc(F)cc3)c[nH]c2=O)CC1. The third-order valence-electron chi connectivity index (χ3n) is 5.93. The molecule has 2 heterocycles. The number of rotatable bonds is 8. The summed E-state index contributed by atoms with van der Waals surface area (Å²) in [6.07, 6.45) is 5.67. The number of halogens is 1. The van der Waals surface area contributed by atoms with Crippen LogP contribution in [0.1, 0.15) is 30.0 Å². The number of aromatic amines is 1. The number of thiol groups is 1. The van der Waals surface area contributed by atoms with E-state index in [1.807, 2.05) is 17.0 Å². The molecule has 170 valence electrons. The maximum absolute atomic E-state index is 13.0. The molecule has 2 aliphatic rings. The molecule has 0 unspecified atom stereocenters. The number of aromatic nitrogens is 2. The summed E-state index contributed by atoms with van der Waals surface area (Å²) in [6.45, 7) is 1.94. The van der Waals surface area contributed by atoms with Gasteiger partial charge in [-0.25, -0.2) is 17.8 Å². The lowest BCUT2D eigenvalue weighted by molar-refractivity contribution is 0.614. The highest BCUT2D eigenvalue weighted by molar-refractivity contribution is 8.80. The van der Waals surface area contributed by atoms with Crippen LogP contribution in [0, 0.1) is 5.82 Å². The van der Waals surface area contributed by atoms with Crippen LogP contribution in [0.15, 0.2) is 35.3 Å². The number of hydrogen-bond acceptors (Lipinski definition) is 6. The number of nitrogens with zero attached hydrogens (tertiary/aromatic N) is 2. The Bertz CT molecular complexity index is 1070. The topological polar surface area (TPSA) is 95.2 Å². The van der Waals surface area contributed by atoms with Crippen LogP contribution >= 0.6 is 9.93 Å². The first-order valence-corrected chi connectivity index (χ1v) is 14.8. The van der Waals surface area contributed by atoms with E-state index >= 15 is 0 Å². The first-order valence-electron chi connectivity index (χ1n) is 10.6. The number of benzene rings is 1. The Labute approximate surface area is 184 Å². The van der Waals surface area contributed by atoms with Crippen LogP contribution in [0.5, 0.6) is 0 Å². The summed E-state index contributed by atoms with van der Waals surface area (Å²) in [5.74, 6) is 1.81. The van der Waals surface area contributed by atoms with Crippen molar-refractivity contribution in [2.75, 3.05) is 42.3 Å². The third-order valence-corrected chi connectivity index (χ3v) is 12.2. The number of anilines is 1. The van der Waals surface area contributed by atoms with Gasteiger partial charge in [0.25, 0.3) is 5.56 Å². The predicted octanol–water partition coefficient (Wildman–Crippen LogP) is 1.77. The first kappa shape index (κ1) is 22.3. The summed E-state index contributed by atoms with van der Waals surface area (Å²) in [6, 6.07) is 7.16. The second kappa shape index (κ2) is 9.30.